The second-order valence-electron chi connectivity index (χ2n) is 5.97. The minimum Gasteiger partial charge on any atom is -0.546 e. The summed E-state index contributed by atoms with van der Waals surface area (Å²) in [6, 6.07) is 12.8. The third-order valence-electron chi connectivity index (χ3n) is 3.79. The highest BCUT2D eigenvalue weighted by atomic mass is 32.2. The van der Waals surface area contributed by atoms with Crippen molar-refractivity contribution in [2.45, 2.75) is 13.8 Å². The fourth-order valence-corrected chi connectivity index (χ4v) is 3.26. The van der Waals surface area contributed by atoms with Crippen LogP contribution in [0.3, 0.4) is 0 Å². The maximum Gasteiger partial charge on any atom is 0.264 e. The summed E-state index contributed by atoms with van der Waals surface area (Å²) in [7, 11) is 0. The van der Waals surface area contributed by atoms with Gasteiger partial charge in [-0.1, -0.05) is 30.3 Å². The van der Waals surface area contributed by atoms with Gasteiger partial charge in [0, 0.05) is 5.56 Å². The summed E-state index contributed by atoms with van der Waals surface area (Å²) in [5.41, 5.74) is 3.51. The van der Waals surface area contributed by atoms with Gasteiger partial charge in [-0.2, -0.15) is 0 Å². The number of benzene rings is 2. The first-order chi connectivity index (χ1) is 12.9. The van der Waals surface area contributed by atoms with Gasteiger partial charge in [0.2, 0.25) is 0 Å². The Balaban J connectivity index is 1.85. The van der Waals surface area contributed by atoms with E-state index in [4.69, 9.17) is 4.74 Å². The molecule has 1 aliphatic rings. The van der Waals surface area contributed by atoms with Gasteiger partial charge < -0.3 is 20.0 Å². The van der Waals surface area contributed by atoms with Crippen LogP contribution in [-0.4, -0.2) is 23.7 Å². The van der Waals surface area contributed by atoms with Gasteiger partial charge in [0.15, 0.2) is 5.17 Å². The number of carboxylic acid groups (broad SMARTS) is 1. The molecule has 1 N–H and O–H groups in total. The number of carboxylic acids is 1. The quantitative estimate of drug-likeness (QED) is 0.803. The van der Waals surface area contributed by atoms with Crippen molar-refractivity contribution in [1.29, 1.82) is 0 Å². The largest absolute Gasteiger partial charge is 0.546 e. The Morgan fingerprint density at radius 3 is 2.81 bits per heavy atom. The van der Waals surface area contributed by atoms with E-state index in [1.54, 1.807) is 30.3 Å². The van der Waals surface area contributed by atoms with Gasteiger partial charge in [-0.3, -0.25) is 4.79 Å². The van der Waals surface area contributed by atoms with Crippen molar-refractivity contribution in [3.05, 3.63) is 64.1 Å². The average molecular weight is 381 g/mol. The van der Waals surface area contributed by atoms with E-state index in [0.717, 1.165) is 16.8 Å². The molecular weight excluding hydrogens is 364 g/mol. The van der Waals surface area contributed by atoms with Gasteiger partial charge in [0.25, 0.3) is 5.91 Å². The van der Waals surface area contributed by atoms with E-state index in [9.17, 15) is 14.7 Å². The van der Waals surface area contributed by atoms with Crippen molar-refractivity contribution in [3.8, 4) is 5.75 Å². The lowest BCUT2D eigenvalue weighted by molar-refractivity contribution is -0.307. The summed E-state index contributed by atoms with van der Waals surface area (Å²) >= 11 is 1.22. The van der Waals surface area contributed by atoms with Crippen LogP contribution in [0.5, 0.6) is 5.75 Å². The number of para-hydroxylation sites is 1. The first-order valence-corrected chi connectivity index (χ1v) is 9.02. The van der Waals surface area contributed by atoms with Gasteiger partial charge >= 0.3 is 0 Å². The van der Waals surface area contributed by atoms with Gasteiger partial charge in [-0.25, -0.2) is 4.99 Å². The lowest BCUT2D eigenvalue weighted by atomic mass is 10.1. The second kappa shape index (κ2) is 8.09. The molecule has 0 saturated carbocycles. The molecule has 1 aliphatic heterocycles. The number of thioether (sulfide) groups is 1. The first-order valence-electron chi connectivity index (χ1n) is 8.21. The Morgan fingerprint density at radius 1 is 1.26 bits per heavy atom. The molecule has 0 aliphatic carbocycles. The van der Waals surface area contributed by atoms with Crippen LogP contribution in [0.25, 0.3) is 6.08 Å². The van der Waals surface area contributed by atoms with Crippen molar-refractivity contribution < 1.29 is 19.4 Å². The molecule has 2 aromatic rings. The number of aliphatic imine (C=N–C) groups is 1. The smallest absolute Gasteiger partial charge is 0.264 e. The lowest BCUT2D eigenvalue weighted by Crippen LogP contribution is -2.29. The van der Waals surface area contributed by atoms with Crippen LogP contribution in [0.1, 0.15) is 16.7 Å². The predicted molar refractivity (Wildman–Crippen MR) is 104 cm³/mol. The van der Waals surface area contributed by atoms with Gasteiger partial charge in [-0.15, -0.1) is 0 Å². The SMILES string of the molecule is Cc1ccc(C)c(N=C2NC(=O)/C(=C\c3ccccc3OCC(=O)[O-])S2)c1. The molecule has 0 radical (unpaired) electrons. The molecule has 2 aromatic carbocycles. The minimum atomic E-state index is -1.31. The van der Waals surface area contributed by atoms with Crippen molar-refractivity contribution in [1.82, 2.24) is 5.32 Å². The number of ether oxygens (including phenoxy) is 1. The highest BCUT2D eigenvalue weighted by Gasteiger charge is 2.24. The Labute approximate surface area is 161 Å². The third kappa shape index (κ3) is 4.77. The zero-order valence-corrected chi connectivity index (χ0v) is 15.6. The maximum atomic E-state index is 12.3. The van der Waals surface area contributed by atoms with Crippen molar-refractivity contribution >= 4 is 40.6 Å². The number of rotatable bonds is 5. The van der Waals surface area contributed by atoms with E-state index in [-0.39, 0.29) is 5.91 Å². The average Bonchev–Trinajstić information content (AvgIpc) is 2.96. The summed E-state index contributed by atoms with van der Waals surface area (Å²) in [6.45, 7) is 3.39. The molecule has 1 amide bonds. The summed E-state index contributed by atoms with van der Waals surface area (Å²) in [5.74, 6) is -1.21. The van der Waals surface area contributed by atoms with E-state index in [2.05, 4.69) is 10.3 Å². The molecule has 1 saturated heterocycles. The number of carbonyl (C=O) groups is 2. The normalized spacial score (nSPS) is 16.6. The first kappa shape index (κ1) is 18.7. The van der Waals surface area contributed by atoms with Gasteiger partial charge in [0.05, 0.1) is 16.6 Å². The Kier molecular flexibility index (Phi) is 5.61. The molecule has 7 heteroatoms. The fraction of sp³-hybridized carbons (Fsp3) is 0.150. The monoisotopic (exact) mass is 381 g/mol. The van der Waals surface area contributed by atoms with Crippen LogP contribution in [0.4, 0.5) is 5.69 Å². The molecule has 27 heavy (non-hydrogen) atoms. The molecule has 138 valence electrons. The molecule has 1 heterocycles. The van der Waals surface area contributed by atoms with E-state index in [0.29, 0.717) is 21.4 Å². The van der Waals surface area contributed by atoms with Crippen molar-refractivity contribution in [2.24, 2.45) is 4.99 Å². The zero-order chi connectivity index (χ0) is 19.4. The lowest BCUT2D eigenvalue weighted by Gasteiger charge is -2.09. The van der Waals surface area contributed by atoms with Crippen LogP contribution in [0.15, 0.2) is 52.4 Å². The number of nitrogens with zero attached hydrogens (tertiary/aromatic N) is 1. The fourth-order valence-electron chi connectivity index (χ4n) is 2.44. The van der Waals surface area contributed by atoms with Crippen LogP contribution in [0.2, 0.25) is 0 Å². The topological polar surface area (TPSA) is 90.8 Å². The van der Waals surface area contributed by atoms with Crippen LogP contribution < -0.4 is 15.2 Å². The predicted octanol–water partition coefficient (Wildman–Crippen LogP) is 2.32. The van der Waals surface area contributed by atoms with Gasteiger partial charge in [0.1, 0.15) is 12.4 Å². The Morgan fingerprint density at radius 2 is 2.04 bits per heavy atom. The van der Waals surface area contributed by atoms with E-state index >= 15 is 0 Å². The van der Waals surface area contributed by atoms with Crippen LogP contribution in [0, 0.1) is 13.8 Å². The molecule has 0 unspecified atom stereocenters. The molecule has 0 atom stereocenters. The Bertz CT molecular complexity index is 966. The summed E-state index contributed by atoms with van der Waals surface area (Å²) in [6.07, 6.45) is 1.65. The molecular formula is C20H17N2O4S-. The number of carbonyl (C=O) groups excluding carboxylic acids is 2. The number of aliphatic carboxylic acids is 1. The van der Waals surface area contributed by atoms with Gasteiger partial charge in [-0.05, 0) is 54.9 Å². The second-order valence-corrected chi connectivity index (χ2v) is 7.00. The number of aryl methyl sites for hydroxylation is 2. The van der Waals surface area contributed by atoms with Crippen LogP contribution >= 0.6 is 11.8 Å². The molecule has 3 rings (SSSR count). The molecule has 1 fully saturated rings. The number of hydrogen-bond acceptors (Lipinski definition) is 6. The van der Waals surface area contributed by atoms with Crippen molar-refractivity contribution in [2.75, 3.05) is 6.61 Å². The van der Waals surface area contributed by atoms with E-state index in [1.807, 2.05) is 32.0 Å². The molecule has 0 bridgehead atoms. The summed E-state index contributed by atoms with van der Waals surface area (Å²) in [5, 5.41) is 13.9. The molecule has 0 spiro atoms. The zero-order valence-electron chi connectivity index (χ0n) is 14.8. The number of nitrogens with one attached hydrogen (secondary N) is 1. The highest BCUT2D eigenvalue weighted by molar-refractivity contribution is 8.18. The van der Waals surface area contributed by atoms with Crippen molar-refractivity contribution in [3.63, 3.8) is 0 Å². The summed E-state index contributed by atoms with van der Waals surface area (Å²) in [4.78, 5) is 27.9. The van der Waals surface area contributed by atoms with E-state index in [1.165, 1.54) is 11.8 Å². The molecule has 0 aromatic heterocycles. The van der Waals surface area contributed by atoms with Crippen LogP contribution in [-0.2, 0) is 9.59 Å². The Hall–Kier alpha value is -3.06. The number of amides is 1. The minimum absolute atomic E-state index is 0.265. The number of hydrogen-bond donors (Lipinski definition) is 1. The number of amidine groups is 1. The highest BCUT2D eigenvalue weighted by Crippen LogP contribution is 2.31. The maximum absolute atomic E-state index is 12.3. The summed E-state index contributed by atoms with van der Waals surface area (Å²) < 4.78 is 5.22. The third-order valence-corrected chi connectivity index (χ3v) is 4.70. The van der Waals surface area contributed by atoms with E-state index < -0.39 is 12.6 Å². The molecule has 6 nitrogen and oxygen atoms in total. The standard InChI is InChI=1S/C20H18N2O4S/c1-12-7-8-13(2)15(9-12)21-20-22-19(25)17(27-20)10-14-5-3-4-6-16(14)26-11-18(23)24/h3-10H,11H2,1-2H3,(H,23,24)(H,21,22,25)/p-1/b17-10+.